The van der Waals surface area contributed by atoms with Gasteiger partial charge in [-0.05, 0) is 36.8 Å². The largest absolute Gasteiger partial charge is 0.317 e. The Morgan fingerprint density at radius 2 is 1.80 bits per heavy atom. The van der Waals surface area contributed by atoms with E-state index in [1.807, 2.05) is 62.8 Å². The molecule has 0 saturated carbocycles. The second-order valence-corrected chi connectivity index (χ2v) is 7.22. The van der Waals surface area contributed by atoms with Gasteiger partial charge in [0.05, 0.1) is 40.6 Å². The Morgan fingerprint density at radius 1 is 0.967 bits per heavy atom. The van der Waals surface area contributed by atoms with Crippen LogP contribution >= 0.6 is 0 Å². The van der Waals surface area contributed by atoms with E-state index in [1.165, 1.54) is 12.3 Å². The van der Waals surface area contributed by atoms with Crippen molar-refractivity contribution < 1.29 is 4.39 Å². The first-order valence-electron chi connectivity index (χ1n) is 9.61. The number of fused-ring (bicyclic) bond motifs is 1. The predicted molar refractivity (Wildman–Crippen MR) is 112 cm³/mol. The first-order valence-corrected chi connectivity index (χ1v) is 9.61. The van der Waals surface area contributed by atoms with Crippen LogP contribution in [0.1, 0.15) is 23.0 Å². The number of halogens is 1. The molecule has 7 heteroatoms. The van der Waals surface area contributed by atoms with Gasteiger partial charge in [-0.25, -0.2) is 14.1 Å². The van der Waals surface area contributed by atoms with E-state index in [9.17, 15) is 4.39 Å². The number of aryl methyl sites for hydroxylation is 2. The summed E-state index contributed by atoms with van der Waals surface area (Å²) in [4.78, 5) is 8.97. The van der Waals surface area contributed by atoms with E-state index >= 15 is 0 Å². The van der Waals surface area contributed by atoms with E-state index in [0.29, 0.717) is 0 Å². The van der Waals surface area contributed by atoms with Crippen molar-refractivity contribution in [2.24, 2.45) is 7.05 Å². The molecule has 0 aliphatic heterocycles. The van der Waals surface area contributed by atoms with Crippen molar-refractivity contribution in [1.29, 1.82) is 0 Å². The summed E-state index contributed by atoms with van der Waals surface area (Å²) in [5.74, 6) is -0.359. The summed E-state index contributed by atoms with van der Waals surface area (Å²) in [6, 6.07) is 19.1. The van der Waals surface area contributed by atoms with Gasteiger partial charge in [-0.1, -0.05) is 41.6 Å². The summed E-state index contributed by atoms with van der Waals surface area (Å²) < 4.78 is 17.4. The van der Waals surface area contributed by atoms with Gasteiger partial charge in [0.2, 0.25) is 0 Å². The van der Waals surface area contributed by atoms with Crippen molar-refractivity contribution >= 4 is 11.0 Å². The van der Waals surface area contributed by atoms with Gasteiger partial charge >= 0.3 is 0 Å². The number of pyridine rings is 1. The summed E-state index contributed by atoms with van der Waals surface area (Å²) in [6.07, 6.45) is 3.06. The molecular formula is C23H19FN6. The van der Waals surface area contributed by atoms with Crippen molar-refractivity contribution in [2.75, 3.05) is 0 Å². The molecule has 3 aromatic heterocycles. The van der Waals surface area contributed by atoms with Crippen molar-refractivity contribution in [3.63, 3.8) is 0 Å². The molecule has 1 atom stereocenters. The molecule has 148 valence electrons. The fourth-order valence-electron chi connectivity index (χ4n) is 3.89. The molecule has 0 fully saturated rings. The van der Waals surface area contributed by atoms with Crippen molar-refractivity contribution in [2.45, 2.75) is 13.0 Å². The summed E-state index contributed by atoms with van der Waals surface area (Å²) in [6.45, 7) is 1.94. The molecule has 0 N–H and O–H groups in total. The number of rotatable bonds is 4. The molecule has 0 bridgehead atoms. The van der Waals surface area contributed by atoms with Crippen LogP contribution in [-0.2, 0) is 7.05 Å². The van der Waals surface area contributed by atoms with E-state index < -0.39 is 0 Å². The zero-order valence-electron chi connectivity index (χ0n) is 16.6. The number of aromatic nitrogens is 6. The highest BCUT2D eigenvalue weighted by Crippen LogP contribution is 2.31. The van der Waals surface area contributed by atoms with Gasteiger partial charge in [0, 0.05) is 12.6 Å². The predicted octanol–water partition coefficient (Wildman–Crippen LogP) is 4.31. The van der Waals surface area contributed by atoms with Gasteiger partial charge in [-0.3, -0.25) is 4.98 Å². The van der Waals surface area contributed by atoms with Crippen LogP contribution in [0.15, 0.2) is 73.2 Å². The topological polar surface area (TPSA) is 61.4 Å². The zero-order valence-corrected chi connectivity index (χ0v) is 16.6. The van der Waals surface area contributed by atoms with Gasteiger partial charge in [0.1, 0.15) is 11.9 Å². The zero-order chi connectivity index (χ0) is 20.7. The van der Waals surface area contributed by atoms with Gasteiger partial charge in [0.15, 0.2) is 0 Å². The van der Waals surface area contributed by atoms with Crippen LogP contribution < -0.4 is 0 Å². The lowest BCUT2D eigenvalue weighted by atomic mass is 10.0. The number of imidazole rings is 1. The fourth-order valence-corrected chi connectivity index (χ4v) is 3.89. The molecule has 0 amide bonds. The van der Waals surface area contributed by atoms with Gasteiger partial charge in [0.25, 0.3) is 0 Å². The Labute approximate surface area is 172 Å². The second-order valence-electron chi connectivity index (χ2n) is 7.22. The summed E-state index contributed by atoms with van der Waals surface area (Å²) in [7, 11) is 1.88. The molecule has 0 radical (unpaired) electrons. The molecular weight excluding hydrogens is 379 g/mol. The molecule has 5 aromatic rings. The van der Waals surface area contributed by atoms with Crippen molar-refractivity contribution in [3.8, 4) is 11.3 Å². The smallest absolute Gasteiger partial charge is 0.141 e. The first-order chi connectivity index (χ1) is 14.6. The van der Waals surface area contributed by atoms with Crippen LogP contribution in [0.3, 0.4) is 0 Å². The lowest BCUT2D eigenvalue weighted by molar-refractivity contribution is 0.610. The third-order valence-corrected chi connectivity index (χ3v) is 5.27. The Bertz CT molecular complexity index is 1300. The highest BCUT2D eigenvalue weighted by Gasteiger charge is 2.21. The number of hydrogen-bond donors (Lipinski definition) is 0. The van der Waals surface area contributed by atoms with E-state index in [2.05, 4.69) is 30.9 Å². The van der Waals surface area contributed by atoms with E-state index in [1.54, 1.807) is 10.7 Å². The summed E-state index contributed by atoms with van der Waals surface area (Å²) in [5.41, 5.74) is 6.43. The van der Waals surface area contributed by atoms with Crippen LogP contribution in [0.2, 0.25) is 0 Å². The molecule has 30 heavy (non-hydrogen) atoms. The van der Waals surface area contributed by atoms with Crippen molar-refractivity contribution in [1.82, 2.24) is 29.5 Å². The molecule has 5 rings (SSSR count). The summed E-state index contributed by atoms with van der Waals surface area (Å²) in [5, 5.41) is 8.29. The van der Waals surface area contributed by atoms with Crippen molar-refractivity contribution in [3.05, 3.63) is 96.0 Å². The Hall–Kier alpha value is -3.87. The molecule has 0 aliphatic carbocycles. The normalized spacial score (nSPS) is 12.4. The minimum atomic E-state index is -0.359. The van der Waals surface area contributed by atoms with Gasteiger partial charge in [-0.2, -0.15) is 0 Å². The third-order valence-electron chi connectivity index (χ3n) is 5.27. The number of nitrogens with zero attached hydrogens (tertiary/aromatic N) is 6. The number of hydrogen-bond acceptors (Lipinski definition) is 4. The van der Waals surface area contributed by atoms with Crippen LogP contribution in [0.4, 0.5) is 4.39 Å². The Kier molecular flexibility index (Phi) is 4.35. The molecule has 2 aromatic carbocycles. The lowest BCUT2D eigenvalue weighted by Crippen LogP contribution is -2.13. The first kappa shape index (κ1) is 18.2. The second kappa shape index (κ2) is 7.18. The molecule has 0 unspecified atom stereocenters. The van der Waals surface area contributed by atoms with Crippen LogP contribution in [0.25, 0.3) is 22.3 Å². The van der Waals surface area contributed by atoms with Gasteiger partial charge < -0.3 is 4.57 Å². The van der Waals surface area contributed by atoms with E-state index in [-0.39, 0.29) is 11.9 Å². The lowest BCUT2D eigenvalue weighted by Gasteiger charge is -2.20. The monoisotopic (exact) mass is 398 g/mol. The van der Waals surface area contributed by atoms with Crippen LogP contribution in [0, 0.1) is 12.7 Å². The molecule has 0 spiro atoms. The van der Waals surface area contributed by atoms with Gasteiger partial charge in [-0.15, -0.1) is 5.10 Å². The summed E-state index contributed by atoms with van der Waals surface area (Å²) >= 11 is 0. The van der Waals surface area contributed by atoms with E-state index in [4.69, 9.17) is 0 Å². The SMILES string of the molecule is Cc1nnn(C)c1-c1ccc2ncn([C@@H](c3ccccc3)c3ccc(F)cn3)c2c1. The quantitative estimate of drug-likeness (QED) is 0.453. The highest BCUT2D eigenvalue weighted by atomic mass is 19.1. The maximum Gasteiger partial charge on any atom is 0.141 e. The maximum absolute atomic E-state index is 13.5. The molecule has 0 saturated heterocycles. The maximum atomic E-state index is 13.5. The van der Waals surface area contributed by atoms with E-state index in [0.717, 1.165) is 39.2 Å². The minimum Gasteiger partial charge on any atom is -0.317 e. The average molecular weight is 398 g/mol. The number of benzene rings is 2. The standard InChI is InChI=1S/C23H19FN6/c1-15-22(29(2)28-27-15)17-8-10-19-21(12-17)30(14-26-19)23(16-6-4-3-5-7-16)20-11-9-18(24)13-25-20/h3-14,23H,1-2H3/t23-/m0/s1. The molecule has 3 heterocycles. The average Bonchev–Trinajstić information content (AvgIpc) is 3.33. The molecule has 6 nitrogen and oxygen atoms in total. The third kappa shape index (κ3) is 3.04. The highest BCUT2D eigenvalue weighted by molar-refractivity contribution is 5.82. The Morgan fingerprint density at radius 3 is 2.50 bits per heavy atom. The van der Waals surface area contributed by atoms with Crippen LogP contribution in [-0.4, -0.2) is 29.5 Å². The molecule has 0 aliphatic rings. The van der Waals surface area contributed by atoms with Crippen LogP contribution in [0.5, 0.6) is 0 Å². The fraction of sp³-hybridized carbons (Fsp3) is 0.130. The minimum absolute atomic E-state index is 0.238. The Balaban J connectivity index is 1.72.